The number of esters is 1. The smallest absolute Gasteiger partial charge is 0.306 e. The van der Waals surface area contributed by atoms with Crippen molar-refractivity contribution in [2.24, 2.45) is 10.6 Å². The number of aromatic nitrogens is 2. The van der Waals surface area contributed by atoms with Crippen molar-refractivity contribution in [1.29, 1.82) is 0 Å². The van der Waals surface area contributed by atoms with Gasteiger partial charge in [-0.05, 0) is 60.8 Å². The van der Waals surface area contributed by atoms with E-state index in [2.05, 4.69) is 15.3 Å². The van der Waals surface area contributed by atoms with E-state index in [0.29, 0.717) is 12.8 Å². The standard InChI is InChI=1S/C22H28F2N4O4S/c1-22(2,13-23)8-7-20(29)32-16-4-3-14(9-16)15-11-26-21(27-12-15)28-19-6-5-17(10-18(19)24)33(25,30)31/h5-6,10-12,14,16H,3-4,7-9,13H2,1-2H3,(H2,25,30,31)(H,26,27,28)/t14-,16+/m0/s1. The van der Waals surface area contributed by atoms with Crippen molar-refractivity contribution in [2.45, 2.75) is 62.9 Å². The minimum absolute atomic E-state index is 0.0129. The number of primary sulfonamides is 1. The fourth-order valence-electron chi connectivity index (χ4n) is 3.61. The normalized spacial score (nSPS) is 18.8. The number of nitrogens with two attached hydrogens (primary N) is 1. The third kappa shape index (κ3) is 6.91. The quantitative estimate of drug-likeness (QED) is 0.518. The molecule has 2 aromatic rings. The van der Waals surface area contributed by atoms with E-state index >= 15 is 0 Å². The van der Waals surface area contributed by atoms with Crippen LogP contribution in [-0.2, 0) is 19.6 Å². The minimum Gasteiger partial charge on any atom is -0.462 e. The lowest BCUT2D eigenvalue weighted by atomic mass is 9.89. The summed E-state index contributed by atoms with van der Waals surface area (Å²) in [4.78, 5) is 20.2. The number of benzene rings is 1. The maximum absolute atomic E-state index is 14.2. The third-order valence-corrected chi connectivity index (χ3v) is 6.62. The first-order chi connectivity index (χ1) is 15.5. The van der Waals surface area contributed by atoms with E-state index in [-0.39, 0.29) is 40.9 Å². The molecule has 1 aromatic heterocycles. The van der Waals surface area contributed by atoms with Gasteiger partial charge in [0.1, 0.15) is 11.9 Å². The van der Waals surface area contributed by atoms with Crippen LogP contribution in [0.1, 0.15) is 57.4 Å². The van der Waals surface area contributed by atoms with Gasteiger partial charge in [-0.2, -0.15) is 0 Å². The van der Waals surface area contributed by atoms with E-state index in [1.807, 2.05) is 0 Å². The number of ether oxygens (including phenoxy) is 1. The number of sulfonamides is 1. The average Bonchev–Trinajstić information content (AvgIpc) is 3.22. The lowest BCUT2D eigenvalue weighted by Crippen LogP contribution is -2.20. The molecular formula is C22H28F2N4O4S. The average molecular weight is 483 g/mol. The number of carbonyl (C=O) groups excluding carboxylic acids is 1. The molecule has 33 heavy (non-hydrogen) atoms. The van der Waals surface area contributed by atoms with Crippen molar-refractivity contribution in [2.75, 3.05) is 12.0 Å². The van der Waals surface area contributed by atoms with Crippen molar-refractivity contribution < 1.29 is 26.7 Å². The molecule has 3 rings (SSSR count). The Bertz CT molecular complexity index is 1090. The number of hydrogen-bond donors (Lipinski definition) is 2. The van der Waals surface area contributed by atoms with Crippen LogP contribution in [0, 0.1) is 11.2 Å². The predicted molar refractivity (Wildman–Crippen MR) is 119 cm³/mol. The van der Waals surface area contributed by atoms with Crippen LogP contribution < -0.4 is 10.5 Å². The Kier molecular flexibility index (Phi) is 7.63. The van der Waals surface area contributed by atoms with Gasteiger partial charge in [0.05, 0.1) is 17.3 Å². The number of alkyl halides is 1. The molecule has 2 atom stereocenters. The zero-order valence-corrected chi connectivity index (χ0v) is 19.4. The first kappa shape index (κ1) is 25.0. The van der Waals surface area contributed by atoms with E-state index < -0.39 is 27.9 Å². The Balaban J connectivity index is 1.54. The molecule has 3 N–H and O–H groups in total. The van der Waals surface area contributed by atoms with E-state index in [4.69, 9.17) is 9.88 Å². The number of anilines is 2. The monoisotopic (exact) mass is 482 g/mol. The van der Waals surface area contributed by atoms with Crippen molar-refractivity contribution >= 4 is 27.6 Å². The number of hydrogen-bond acceptors (Lipinski definition) is 7. The Labute approximate surface area is 192 Å². The number of carbonyl (C=O) groups is 1. The molecule has 1 fully saturated rings. The van der Waals surface area contributed by atoms with Crippen LogP contribution in [0.4, 0.5) is 20.4 Å². The largest absolute Gasteiger partial charge is 0.462 e. The summed E-state index contributed by atoms with van der Waals surface area (Å²) in [6.07, 6.45) is 5.88. The van der Waals surface area contributed by atoms with Gasteiger partial charge in [0.25, 0.3) is 0 Å². The maximum Gasteiger partial charge on any atom is 0.306 e. The van der Waals surface area contributed by atoms with Gasteiger partial charge in [-0.25, -0.2) is 27.9 Å². The summed E-state index contributed by atoms with van der Waals surface area (Å²) >= 11 is 0. The Morgan fingerprint density at radius 3 is 2.58 bits per heavy atom. The van der Waals surface area contributed by atoms with Crippen LogP contribution >= 0.6 is 0 Å². The zero-order valence-electron chi connectivity index (χ0n) is 18.6. The molecule has 1 aromatic carbocycles. The van der Waals surface area contributed by atoms with Crippen molar-refractivity contribution in [3.05, 3.63) is 42.0 Å². The first-order valence-corrected chi connectivity index (χ1v) is 12.2. The number of rotatable bonds is 9. The van der Waals surface area contributed by atoms with E-state index in [1.165, 1.54) is 12.1 Å². The van der Waals surface area contributed by atoms with Gasteiger partial charge >= 0.3 is 5.97 Å². The molecule has 0 radical (unpaired) electrons. The molecule has 11 heteroatoms. The molecule has 8 nitrogen and oxygen atoms in total. The number of halogens is 2. The number of nitrogens with zero attached hydrogens (tertiary/aromatic N) is 2. The SMILES string of the molecule is CC(C)(CF)CCC(=O)O[C@@H]1CC[C@H](c2cnc(Nc3ccc(S(N)(=O)=O)cc3F)nc2)C1. The van der Waals surface area contributed by atoms with E-state index in [1.54, 1.807) is 26.2 Å². The van der Waals surface area contributed by atoms with Gasteiger partial charge in [-0.3, -0.25) is 9.18 Å². The molecule has 0 unspecified atom stereocenters. The molecule has 0 bridgehead atoms. The topological polar surface area (TPSA) is 124 Å². The predicted octanol–water partition coefficient (Wildman–Crippen LogP) is 3.96. The van der Waals surface area contributed by atoms with E-state index in [9.17, 15) is 22.0 Å². The molecule has 0 aliphatic heterocycles. The van der Waals surface area contributed by atoms with Crippen LogP contribution in [0.5, 0.6) is 0 Å². The summed E-state index contributed by atoms with van der Waals surface area (Å²) in [5.41, 5.74) is 0.360. The molecule has 1 aliphatic rings. The third-order valence-electron chi connectivity index (χ3n) is 5.71. The van der Waals surface area contributed by atoms with Gasteiger partial charge in [-0.15, -0.1) is 0 Å². The van der Waals surface area contributed by atoms with Gasteiger partial charge in [-0.1, -0.05) is 13.8 Å². The van der Waals surface area contributed by atoms with Crippen molar-refractivity contribution in [1.82, 2.24) is 9.97 Å². The highest BCUT2D eigenvalue weighted by Gasteiger charge is 2.29. The maximum atomic E-state index is 14.2. The summed E-state index contributed by atoms with van der Waals surface area (Å²) in [5.74, 6) is -0.833. The highest BCUT2D eigenvalue weighted by atomic mass is 32.2. The van der Waals surface area contributed by atoms with Crippen LogP contribution in [-0.4, -0.2) is 37.1 Å². The second-order valence-electron chi connectivity index (χ2n) is 9.07. The molecule has 1 saturated carbocycles. The fourth-order valence-corrected chi connectivity index (χ4v) is 4.14. The Morgan fingerprint density at radius 1 is 1.27 bits per heavy atom. The summed E-state index contributed by atoms with van der Waals surface area (Å²) in [5, 5.41) is 7.70. The van der Waals surface area contributed by atoms with Gasteiger partial charge in [0.15, 0.2) is 0 Å². The number of nitrogens with one attached hydrogen (secondary N) is 1. The summed E-state index contributed by atoms with van der Waals surface area (Å²) < 4.78 is 55.2. The highest BCUT2D eigenvalue weighted by Crippen LogP contribution is 2.36. The molecule has 0 saturated heterocycles. The fraction of sp³-hybridized carbons (Fsp3) is 0.500. The molecular weight excluding hydrogens is 454 g/mol. The summed E-state index contributed by atoms with van der Waals surface area (Å²) in [6, 6.07) is 3.26. The van der Waals surface area contributed by atoms with Crippen LogP contribution in [0.25, 0.3) is 0 Å². The van der Waals surface area contributed by atoms with Crippen molar-refractivity contribution in [3.63, 3.8) is 0 Å². The molecule has 0 amide bonds. The highest BCUT2D eigenvalue weighted by molar-refractivity contribution is 7.89. The molecule has 0 spiro atoms. The molecule has 1 heterocycles. The van der Waals surface area contributed by atoms with Crippen LogP contribution in [0.2, 0.25) is 0 Å². The van der Waals surface area contributed by atoms with Gasteiger partial charge in [0, 0.05) is 18.8 Å². The first-order valence-electron chi connectivity index (χ1n) is 10.6. The molecule has 180 valence electrons. The Hall–Kier alpha value is -2.66. The second-order valence-corrected chi connectivity index (χ2v) is 10.6. The van der Waals surface area contributed by atoms with Gasteiger partial charge < -0.3 is 10.1 Å². The zero-order chi connectivity index (χ0) is 24.2. The van der Waals surface area contributed by atoms with E-state index in [0.717, 1.165) is 24.5 Å². The van der Waals surface area contributed by atoms with Crippen LogP contribution in [0.3, 0.4) is 0 Å². The summed E-state index contributed by atoms with van der Waals surface area (Å²) in [6.45, 7) is 3.07. The Morgan fingerprint density at radius 2 is 1.97 bits per heavy atom. The molecule has 1 aliphatic carbocycles. The van der Waals surface area contributed by atoms with Crippen LogP contribution in [0.15, 0.2) is 35.5 Å². The second kappa shape index (κ2) is 10.1. The lowest BCUT2D eigenvalue weighted by molar-refractivity contribution is -0.149. The lowest BCUT2D eigenvalue weighted by Gasteiger charge is -2.20. The van der Waals surface area contributed by atoms with Gasteiger partial charge in [0.2, 0.25) is 16.0 Å². The van der Waals surface area contributed by atoms with Crippen molar-refractivity contribution in [3.8, 4) is 0 Å². The summed E-state index contributed by atoms with van der Waals surface area (Å²) in [7, 11) is -4.00. The minimum atomic E-state index is -4.00.